The van der Waals surface area contributed by atoms with E-state index in [0.717, 1.165) is 5.56 Å². The van der Waals surface area contributed by atoms with Gasteiger partial charge in [-0.05, 0) is 12.5 Å². The van der Waals surface area contributed by atoms with Gasteiger partial charge in [-0.3, -0.25) is 4.79 Å². The van der Waals surface area contributed by atoms with Gasteiger partial charge in [0, 0.05) is 0 Å². The maximum absolute atomic E-state index is 11.5. The summed E-state index contributed by atoms with van der Waals surface area (Å²) in [5, 5.41) is 0. The molecule has 0 aliphatic carbocycles. The molecule has 6 nitrogen and oxygen atoms in total. The minimum Gasteiger partial charge on any atom is -0.460 e. The van der Waals surface area contributed by atoms with Gasteiger partial charge in [-0.25, -0.2) is 4.79 Å². The summed E-state index contributed by atoms with van der Waals surface area (Å²) in [5.41, 5.74) is 6.37. The van der Waals surface area contributed by atoms with Gasteiger partial charge in [0.2, 0.25) is 0 Å². The van der Waals surface area contributed by atoms with Crippen LogP contribution in [0.5, 0.6) is 0 Å². The van der Waals surface area contributed by atoms with Gasteiger partial charge in [-0.2, -0.15) is 0 Å². The quantitative estimate of drug-likeness (QED) is 0.780. The fraction of sp³-hybridized carbons (Fsp3) is 0.385. The Kier molecular flexibility index (Phi) is 6.38. The molecule has 6 heteroatoms. The SMILES string of the molecule is CCOC(=O)OC[C@H](N)C(=O)OCc1ccccc1. The van der Waals surface area contributed by atoms with Gasteiger partial charge in [0.25, 0.3) is 0 Å². The first kappa shape index (κ1) is 15.0. The first-order chi connectivity index (χ1) is 9.13. The number of hydrogen-bond acceptors (Lipinski definition) is 6. The molecule has 0 fully saturated rings. The summed E-state index contributed by atoms with van der Waals surface area (Å²) in [6.07, 6.45) is -0.853. The van der Waals surface area contributed by atoms with Crippen molar-refractivity contribution in [1.29, 1.82) is 0 Å². The molecule has 0 unspecified atom stereocenters. The summed E-state index contributed by atoms with van der Waals surface area (Å²) >= 11 is 0. The first-order valence-electron chi connectivity index (χ1n) is 5.89. The van der Waals surface area contributed by atoms with Gasteiger partial charge in [-0.1, -0.05) is 30.3 Å². The number of nitrogens with two attached hydrogens (primary N) is 1. The molecule has 0 amide bonds. The van der Waals surface area contributed by atoms with Crippen LogP contribution in [0, 0.1) is 0 Å². The standard InChI is InChI=1S/C13H17NO5/c1-2-17-13(16)19-9-11(14)12(15)18-8-10-6-4-3-5-7-10/h3-7,11H,2,8-9,14H2,1H3/t11-/m0/s1. The second-order valence-electron chi connectivity index (χ2n) is 3.69. The third-order valence-electron chi connectivity index (χ3n) is 2.17. The van der Waals surface area contributed by atoms with Crippen LogP contribution in [-0.4, -0.2) is 31.4 Å². The Balaban J connectivity index is 2.27. The van der Waals surface area contributed by atoms with Crippen LogP contribution >= 0.6 is 0 Å². The number of ether oxygens (including phenoxy) is 3. The van der Waals surface area contributed by atoms with Crippen molar-refractivity contribution in [2.45, 2.75) is 19.6 Å². The van der Waals surface area contributed by atoms with Gasteiger partial charge >= 0.3 is 12.1 Å². The van der Waals surface area contributed by atoms with Crippen molar-refractivity contribution in [2.75, 3.05) is 13.2 Å². The van der Waals surface area contributed by atoms with Gasteiger partial charge < -0.3 is 19.9 Å². The van der Waals surface area contributed by atoms with Crippen molar-refractivity contribution in [3.8, 4) is 0 Å². The zero-order valence-corrected chi connectivity index (χ0v) is 10.7. The summed E-state index contributed by atoms with van der Waals surface area (Å²) in [4.78, 5) is 22.4. The summed E-state index contributed by atoms with van der Waals surface area (Å²) < 4.78 is 14.1. The van der Waals surface area contributed by atoms with Crippen LogP contribution in [-0.2, 0) is 25.6 Å². The molecule has 0 bridgehead atoms. The summed E-state index contributed by atoms with van der Waals surface area (Å²) in [6.45, 7) is 1.71. The van der Waals surface area contributed by atoms with E-state index in [4.69, 9.17) is 10.5 Å². The first-order valence-corrected chi connectivity index (χ1v) is 5.89. The number of esters is 1. The lowest BCUT2D eigenvalue weighted by atomic mass is 10.2. The molecule has 2 N–H and O–H groups in total. The molecule has 0 aliphatic rings. The van der Waals surface area contributed by atoms with E-state index in [9.17, 15) is 9.59 Å². The number of carbonyl (C=O) groups is 2. The minimum absolute atomic E-state index is 0.132. The molecular formula is C13H17NO5. The van der Waals surface area contributed by atoms with Crippen LogP contribution in [0.2, 0.25) is 0 Å². The molecule has 0 aromatic heterocycles. The van der Waals surface area contributed by atoms with Crippen LogP contribution in [0.3, 0.4) is 0 Å². The third kappa shape index (κ3) is 5.87. The Bertz CT molecular complexity index is 407. The highest BCUT2D eigenvalue weighted by Crippen LogP contribution is 2.01. The molecule has 0 saturated carbocycles. The summed E-state index contributed by atoms with van der Waals surface area (Å²) in [5.74, 6) is -0.631. The van der Waals surface area contributed by atoms with Gasteiger partial charge in [0.15, 0.2) is 0 Å². The largest absolute Gasteiger partial charge is 0.508 e. The second kappa shape index (κ2) is 8.10. The molecule has 104 valence electrons. The molecule has 0 heterocycles. The minimum atomic E-state index is -1.02. The number of benzene rings is 1. The normalized spacial score (nSPS) is 11.5. The number of hydrogen-bond donors (Lipinski definition) is 1. The lowest BCUT2D eigenvalue weighted by Gasteiger charge is -2.11. The fourth-order valence-electron chi connectivity index (χ4n) is 1.22. The van der Waals surface area contributed by atoms with Crippen LogP contribution < -0.4 is 5.73 Å². The highest BCUT2D eigenvalue weighted by molar-refractivity contribution is 5.76. The Morgan fingerprint density at radius 1 is 1.16 bits per heavy atom. The van der Waals surface area contributed by atoms with Crippen LogP contribution in [0.15, 0.2) is 30.3 Å². The van der Waals surface area contributed by atoms with E-state index in [0.29, 0.717) is 0 Å². The maximum Gasteiger partial charge on any atom is 0.508 e. The predicted octanol–water partition coefficient (Wildman–Crippen LogP) is 1.23. The fourth-order valence-corrected chi connectivity index (χ4v) is 1.22. The molecule has 0 aliphatic heterocycles. The molecule has 19 heavy (non-hydrogen) atoms. The van der Waals surface area contributed by atoms with Gasteiger partial charge in [0.1, 0.15) is 19.3 Å². The second-order valence-corrected chi connectivity index (χ2v) is 3.69. The van der Waals surface area contributed by atoms with Crippen LogP contribution in [0.4, 0.5) is 4.79 Å². The van der Waals surface area contributed by atoms with Crippen molar-refractivity contribution in [2.24, 2.45) is 5.73 Å². The molecule has 1 aromatic rings. The van der Waals surface area contributed by atoms with E-state index >= 15 is 0 Å². The topological polar surface area (TPSA) is 87.9 Å². The molecule has 0 saturated heterocycles. The smallest absolute Gasteiger partial charge is 0.460 e. The van der Waals surface area contributed by atoms with E-state index < -0.39 is 18.2 Å². The van der Waals surface area contributed by atoms with Crippen molar-refractivity contribution in [3.05, 3.63) is 35.9 Å². The van der Waals surface area contributed by atoms with Crippen molar-refractivity contribution in [1.82, 2.24) is 0 Å². The molecule has 1 rings (SSSR count). The lowest BCUT2D eigenvalue weighted by molar-refractivity contribution is -0.147. The van der Waals surface area contributed by atoms with Gasteiger partial charge in [0.05, 0.1) is 6.61 Å². The van der Waals surface area contributed by atoms with Crippen LogP contribution in [0.1, 0.15) is 12.5 Å². The van der Waals surface area contributed by atoms with E-state index in [1.54, 1.807) is 6.92 Å². The monoisotopic (exact) mass is 267 g/mol. The Hall–Kier alpha value is -2.08. The number of rotatable bonds is 6. The molecular weight excluding hydrogens is 250 g/mol. The third-order valence-corrected chi connectivity index (χ3v) is 2.17. The average Bonchev–Trinajstić information content (AvgIpc) is 2.43. The lowest BCUT2D eigenvalue weighted by Crippen LogP contribution is -2.37. The van der Waals surface area contributed by atoms with E-state index in [2.05, 4.69) is 9.47 Å². The van der Waals surface area contributed by atoms with E-state index in [1.165, 1.54) is 0 Å². The average molecular weight is 267 g/mol. The van der Waals surface area contributed by atoms with Crippen molar-refractivity contribution < 1.29 is 23.8 Å². The highest BCUT2D eigenvalue weighted by Gasteiger charge is 2.17. The highest BCUT2D eigenvalue weighted by atomic mass is 16.7. The number of carbonyl (C=O) groups excluding carboxylic acids is 2. The Morgan fingerprint density at radius 3 is 2.47 bits per heavy atom. The van der Waals surface area contributed by atoms with Crippen molar-refractivity contribution in [3.63, 3.8) is 0 Å². The molecule has 0 radical (unpaired) electrons. The molecule has 1 aromatic carbocycles. The van der Waals surface area contributed by atoms with E-state index in [1.807, 2.05) is 30.3 Å². The van der Waals surface area contributed by atoms with Crippen molar-refractivity contribution >= 4 is 12.1 Å². The summed E-state index contributed by atoms with van der Waals surface area (Å²) in [6, 6.07) is 8.18. The predicted molar refractivity (Wildman–Crippen MR) is 67.2 cm³/mol. The zero-order chi connectivity index (χ0) is 14.1. The molecule has 1 atom stereocenters. The Labute approximate surface area is 111 Å². The summed E-state index contributed by atoms with van der Waals surface area (Å²) in [7, 11) is 0. The Morgan fingerprint density at radius 2 is 1.84 bits per heavy atom. The van der Waals surface area contributed by atoms with E-state index in [-0.39, 0.29) is 19.8 Å². The van der Waals surface area contributed by atoms with Crippen LogP contribution in [0.25, 0.3) is 0 Å². The molecule has 0 spiro atoms. The zero-order valence-electron chi connectivity index (χ0n) is 10.7. The maximum atomic E-state index is 11.5. The van der Waals surface area contributed by atoms with Gasteiger partial charge in [-0.15, -0.1) is 0 Å².